The molecule has 3 amide bonds. The number of nitrogens with one attached hydrogen (secondary N) is 2. The summed E-state index contributed by atoms with van der Waals surface area (Å²) in [6, 6.07) is 5.24. The number of carbonyl (C=O) groups is 2. The Hall–Kier alpha value is -2.62. The van der Waals surface area contributed by atoms with Gasteiger partial charge >= 0.3 is 6.03 Å². The average Bonchev–Trinajstić information content (AvgIpc) is 3.33. The second-order valence-corrected chi connectivity index (χ2v) is 7.34. The summed E-state index contributed by atoms with van der Waals surface area (Å²) in [4.78, 5) is 23.6. The van der Waals surface area contributed by atoms with E-state index in [1.54, 1.807) is 6.92 Å². The molecule has 1 saturated carbocycles. The summed E-state index contributed by atoms with van der Waals surface area (Å²) in [5.41, 5.74) is 0. The molecule has 2 aromatic rings. The van der Waals surface area contributed by atoms with Crippen molar-refractivity contribution in [2.24, 2.45) is 0 Å². The first-order valence-corrected chi connectivity index (χ1v) is 9.97. The first kappa shape index (κ1) is 20.1. The predicted octanol–water partition coefficient (Wildman–Crippen LogP) is 3.21. The first-order chi connectivity index (χ1) is 13.5. The van der Waals surface area contributed by atoms with Crippen molar-refractivity contribution in [1.82, 2.24) is 20.8 Å². The van der Waals surface area contributed by atoms with Crippen LogP contribution >= 0.6 is 11.8 Å². The zero-order valence-corrected chi connectivity index (χ0v) is 16.1. The number of halogens is 1. The Morgan fingerprint density at radius 2 is 2.00 bits per heavy atom. The van der Waals surface area contributed by atoms with E-state index in [2.05, 4.69) is 20.8 Å². The van der Waals surface area contributed by atoms with Crippen molar-refractivity contribution in [3.05, 3.63) is 36.0 Å². The number of aromatic nitrogens is 2. The molecule has 1 aliphatic carbocycles. The molecule has 0 aliphatic heterocycles. The average molecular weight is 408 g/mol. The lowest BCUT2D eigenvalue weighted by Gasteiger charge is -2.11. The van der Waals surface area contributed by atoms with Crippen molar-refractivity contribution in [2.75, 3.05) is 5.75 Å². The van der Waals surface area contributed by atoms with Crippen molar-refractivity contribution in [2.45, 2.75) is 50.0 Å². The molecule has 28 heavy (non-hydrogen) atoms. The van der Waals surface area contributed by atoms with Crippen molar-refractivity contribution in [3.8, 4) is 5.75 Å². The van der Waals surface area contributed by atoms with E-state index in [-0.39, 0.29) is 28.7 Å². The van der Waals surface area contributed by atoms with Gasteiger partial charge in [-0.2, -0.15) is 0 Å². The molecular formula is C18H21FN4O4S. The highest BCUT2D eigenvalue weighted by atomic mass is 32.2. The number of urea groups is 1. The van der Waals surface area contributed by atoms with Crippen LogP contribution in [0.25, 0.3) is 0 Å². The standard InChI is InChI=1S/C18H21FN4O4S/c1-11(26-14-8-6-12(19)7-9-14)16-22-23-18(27-16)28-10-15(24)21-17(25)20-13-4-2-3-5-13/h6-9,11,13H,2-5,10H2,1H3,(H2,20,21,24,25)/t11-/m1/s1. The fraction of sp³-hybridized carbons (Fsp3) is 0.444. The maximum atomic E-state index is 12.9. The van der Waals surface area contributed by atoms with Gasteiger partial charge in [0.1, 0.15) is 11.6 Å². The van der Waals surface area contributed by atoms with Gasteiger partial charge < -0.3 is 14.5 Å². The molecule has 10 heteroatoms. The number of hydrogen-bond donors (Lipinski definition) is 2. The van der Waals surface area contributed by atoms with Crippen LogP contribution in [0.2, 0.25) is 0 Å². The fourth-order valence-corrected chi connectivity index (χ4v) is 3.36. The van der Waals surface area contributed by atoms with E-state index in [1.807, 2.05) is 0 Å². The molecule has 0 bridgehead atoms. The number of carbonyl (C=O) groups excluding carboxylic acids is 2. The van der Waals surface area contributed by atoms with Gasteiger partial charge in [-0.15, -0.1) is 10.2 Å². The molecule has 3 rings (SSSR count). The normalized spacial score (nSPS) is 15.2. The Labute approximate surface area is 165 Å². The van der Waals surface area contributed by atoms with E-state index in [0.29, 0.717) is 5.75 Å². The van der Waals surface area contributed by atoms with E-state index in [0.717, 1.165) is 37.4 Å². The van der Waals surface area contributed by atoms with Crippen molar-refractivity contribution >= 4 is 23.7 Å². The molecule has 1 fully saturated rings. The number of imide groups is 1. The molecule has 0 saturated heterocycles. The zero-order valence-electron chi connectivity index (χ0n) is 15.3. The third-order valence-corrected chi connectivity index (χ3v) is 4.98. The summed E-state index contributed by atoms with van der Waals surface area (Å²) in [6.07, 6.45) is 3.53. The highest BCUT2D eigenvalue weighted by molar-refractivity contribution is 7.99. The summed E-state index contributed by atoms with van der Waals surface area (Å²) >= 11 is 1.02. The number of rotatable bonds is 7. The second-order valence-electron chi connectivity index (χ2n) is 6.41. The molecule has 0 spiro atoms. The van der Waals surface area contributed by atoms with Crippen molar-refractivity contribution in [1.29, 1.82) is 0 Å². The van der Waals surface area contributed by atoms with E-state index in [1.165, 1.54) is 24.3 Å². The van der Waals surface area contributed by atoms with Gasteiger partial charge in [0, 0.05) is 6.04 Å². The Bertz CT molecular complexity index is 808. The summed E-state index contributed by atoms with van der Waals surface area (Å²) in [7, 11) is 0. The molecule has 150 valence electrons. The Balaban J connectivity index is 1.42. The lowest BCUT2D eigenvalue weighted by atomic mass is 10.2. The lowest BCUT2D eigenvalue weighted by molar-refractivity contribution is -0.117. The minimum absolute atomic E-state index is 0.0348. The molecule has 1 heterocycles. The van der Waals surface area contributed by atoms with Crippen LogP contribution in [0.1, 0.15) is 44.6 Å². The van der Waals surface area contributed by atoms with Gasteiger partial charge in [0.25, 0.3) is 11.1 Å². The zero-order chi connectivity index (χ0) is 19.9. The summed E-state index contributed by atoms with van der Waals surface area (Å²) in [5.74, 6) is -0.143. The van der Waals surface area contributed by atoms with Crippen LogP contribution in [-0.4, -0.2) is 33.9 Å². The molecule has 1 aromatic heterocycles. The maximum Gasteiger partial charge on any atom is 0.321 e. The monoisotopic (exact) mass is 408 g/mol. The van der Waals surface area contributed by atoms with Gasteiger partial charge in [-0.25, -0.2) is 9.18 Å². The summed E-state index contributed by atoms with van der Waals surface area (Å²) in [6.45, 7) is 1.71. The molecule has 2 N–H and O–H groups in total. The number of ether oxygens (including phenoxy) is 1. The smallest absolute Gasteiger partial charge is 0.321 e. The van der Waals surface area contributed by atoms with Gasteiger partial charge in [-0.05, 0) is 44.0 Å². The van der Waals surface area contributed by atoms with E-state index in [4.69, 9.17) is 9.15 Å². The minimum atomic E-state index is -0.543. The molecule has 8 nitrogen and oxygen atoms in total. The van der Waals surface area contributed by atoms with E-state index < -0.39 is 18.0 Å². The number of thioether (sulfide) groups is 1. The van der Waals surface area contributed by atoms with Crippen LogP contribution in [0.3, 0.4) is 0 Å². The molecule has 1 aromatic carbocycles. The van der Waals surface area contributed by atoms with Crippen molar-refractivity contribution < 1.29 is 23.1 Å². The highest BCUT2D eigenvalue weighted by Crippen LogP contribution is 2.24. The van der Waals surface area contributed by atoms with Crippen LogP contribution in [-0.2, 0) is 4.79 Å². The van der Waals surface area contributed by atoms with Gasteiger partial charge in [-0.3, -0.25) is 10.1 Å². The Morgan fingerprint density at radius 1 is 1.29 bits per heavy atom. The van der Waals surface area contributed by atoms with Crippen LogP contribution in [0, 0.1) is 5.82 Å². The predicted molar refractivity (Wildman–Crippen MR) is 99.4 cm³/mol. The maximum absolute atomic E-state index is 12.9. The third kappa shape index (κ3) is 5.95. The first-order valence-electron chi connectivity index (χ1n) is 8.98. The minimum Gasteiger partial charge on any atom is -0.481 e. The topological polar surface area (TPSA) is 106 Å². The quantitative estimate of drug-likeness (QED) is 0.678. The third-order valence-electron chi connectivity index (χ3n) is 4.17. The Kier molecular flexibility index (Phi) is 6.85. The summed E-state index contributed by atoms with van der Waals surface area (Å²) in [5, 5.41) is 13.0. The number of benzene rings is 1. The van der Waals surface area contributed by atoms with Crippen LogP contribution in [0.15, 0.2) is 33.9 Å². The second kappa shape index (κ2) is 9.54. The largest absolute Gasteiger partial charge is 0.481 e. The summed E-state index contributed by atoms with van der Waals surface area (Å²) < 4.78 is 24.0. The van der Waals surface area contributed by atoms with Crippen LogP contribution in [0.4, 0.5) is 9.18 Å². The molecule has 0 unspecified atom stereocenters. The van der Waals surface area contributed by atoms with E-state index >= 15 is 0 Å². The SMILES string of the molecule is C[C@@H](Oc1ccc(F)cc1)c1nnc(SCC(=O)NC(=O)NC2CCCC2)o1. The molecule has 1 aliphatic rings. The Morgan fingerprint density at radius 3 is 2.71 bits per heavy atom. The van der Waals surface area contributed by atoms with Crippen molar-refractivity contribution in [3.63, 3.8) is 0 Å². The van der Waals surface area contributed by atoms with Gasteiger partial charge in [-0.1, -0.05) is 24.6 Å². The fourth-order valence-electron chi connectivity index (χ4n) is 2.79. The lowest BCUT2D eigenvalue weighted by Crippen LogP contribution is -2.44. The molecule has 0 radical (unpaired) electrons. The van der Waals surface area contributed by atoms with Crippen LogP contribution < -0.4 is 15.4 Å². The molecule has 1 atom stereocenters. The molecular weight excluding hydrogens is 387 g/mol. The van der Waals surface area contributed by atoms with Gasteiger partial charge in [0.15, 0.2) is 6.10 Å². The number of hydrogen-bond acceptors (Lipinski definition) is 7. The number of nitrogens with zero attached hydrogens (tertiary/aromatic N) is 2. The highest BCUT2D eigenvalue weighted by Gasteiger charge is 2.19. The number of amides is 3. The van der Waals surface area contributed by atoms with Gasteiger partial charge in [0.05, 0.1) is 5.75 Å². The van der Waals surface area contributed by atoms with E-state index in [9.17, 15) is 14.0 Å². The van der Waals surface area contributed by atoms with Gasteiger partial charge in [0.2, 0.25) is 5.91 Å². The van der Waals surface area contributed by atoms with Crippen LogP contribution in [0.5, 0.6) is 5.75 Å².